The fraction of sp³-hybridized carbons (Fsp3) is 0.467. The maximum atomic E-state index is 12.1. The minimum atomic E-state index is -0.373. The Labute approximate surface area is 136 Å². The summed E-state index contributed by atoms with van der Waals surface area (Å²) in [7, 11) is 1.35. The Morgan fingerprint density at radius 1 is 1.36 bits per heavy atom. The second-order valence-electron chi connectivity index (χ2n) is 4.93. The molecule has 1 aliphatic rings. The molecule has 22 heavy (non-hydrogen) atoms. The van der Waals surface area contributed by atoms with E-state index >= 15 is 0 Å². The zero-order valence-corrected chi connectivity index (χ0v) is 13.4. The summed E-state index contributed by atoms with van der Waals surface area (Å²) in [6.07, 6.45) is 0. The molecule has 6 nitrogen and oxygen atoms in total. The van der Waals surface area contributed by atoms with Crippen LogP contribution < -0.4 is 10.6 Å². The highest BCUT2D eigenvalue weighted by atomic mass is 35.5. The number of nitrogens with one attached hydrogen (secondary N) is 2. The molecule has 1 heterocycles. The fourth-order valence-corrected chi connectivity index (χ4v) is 2.16. The van der Waals surface area contributed by atoms with Crippen molar-refractivity contribution >= 4 is 24.3 Å². The maximum Gasteiger partial charge on any atom is 0.337 e. The molecule has 1 fully saturated rings. The van der Waals surface area contributed by atoms with E-state index in [2.05, 4.69) is 15.4 Å². The van der Waals surface area contributed by atoms with Crippen molar-refractivity contribution in [2.75, 3.05) is 26.9 Å². The van der Waals surface area contributed by atoms with E-state index in [9.17, 15) is 9.59 Å². The molecule has 0 unspecified atom stereocenters. The van der Waals surface area contributed by atoms with Gasteiger partial charge in [0.05, 0.1) is 31.9 Å². The lowest BCUT2D eigenvalue weighted by molar-refractivity contribution is -0.126. The Morgan fingerprint density at radius 2 is 2.05 bits per heavy atom. The van der Waals surface area contributed by atoms with Crippen LogP contribution in [-0.4, -0.2) is 44.8 Å². The number of rotatable bonds is 4. The Bertz CT molecular complexity index is 501. The Kier molecular flexibility index (Phi) is 7.31. The summed E-state index contributed by atoms with van der Waals surface area (Å²) in [6, 6.07) is 6.53. The molecule has 1 aromatic carbocycles. The SMILES string of the molecule is COC(=O)c1ccc([C@@H](C)NC(=O)[C@H]2COCCN2)cc1.Cl. The highest BCUT2D eigenvalue weighted by molar-refractivity contribution is 5.89. The van der Waals surface area contributed by atoms with Gasteiger partial charge in [0.2, 0.25) is 5.91 Å². The number of esters is 1. The van der Waals surface area contributed by atoms with Crippen LogP contribution >= 0.6 is 12.4 Å². The molecule has 0 spiro atoms. The van der Waals surface area contributed by atoms with Gasteiger partial charge in [-0.1, -0.05) is 12.1 Å². The number of benzene rings is 1. The predicted molar refractivity (Wildman–Crippen MR) is 84.2 cm³/mol. The average molecular weight is 329 g/mol. The lowest BCUT2D eigenvalue weighted by atomic mass is 10.1. The second kappa shape index (κ2) is 8.73. The Morgan fingerprint density at radius 3 is 2.59 bits per heavy atom. The molecule has 0 radical (unpaired) electrons. The van der Waals surface area contributed by atoms with Crippen LogP contribution in [0.5, 0.6) is 0 Å². The van der Waals surface area contributed by atoms with Crippen molar-refractivity contribution in [3.63, 3.8) is 0 Å². The van der Waals surface area contributed by atoms with Gasteiger partial charge < -0.3 is 20.1 Å². The summed E-state index contributed by atoms with van der Waals surface area (Å²) in [4.78, 5) is 23.4. The maximum absolute atomic E-state index is 12.1. The average Bonchev–Trinajstić information content (AvgIpc) is 2.55. The van der Waals surface area contributed by atoms with Crippen LogP contribution in [-0.2, 0) is 14.3 Å². The van der Waals surface area contributed by atoms with Gasteiger partial charge in [-0.15, -0.1) is 12.4 Å². The van der Waals surface area contributed by atoms with Gasteiger partial charge in [-0.05, 0) is 24.6 Å². The summed E-state index contributed by atoms with van der Waals surface area (Å²) in [5.41, 5.74) is 1.41. The summed E-state index contributed by atoms with van der Waals surface area (Å²) >= 11 is 0. The molecule has 122 valence electrons. The van der Waals surface area contributed by atoms with Gasteiger partial charge in [0.1, 0.15) is 6.04 Å². The van der Waals surface area contributed by atoms with Crippen molar-refractivity contribution in [2.24, 2.45) is 0 Å². The van der Waals surface area contributed by atoms with Crippen LogP contribution in [0.3, 0.4) is 0 Å². The van der Waals surface area contributed by atoms with Crippen molar-refractivity contribution < 1.29 is 19.1 Å². The monoisotopic (exact) mass is 328 g/mol. The second-order valence-corrected chi connectivity index (χ2v) is 4.93. The molecule has 7 heteroatoms. The standard InChI is InChI=1S/C15H20N2O4.ClH/c1-10(17-14(18)13-9-21-8-7-16-13)11-3-5-12(6-4-11)15(19)20-2;/h3-6,10,13,16H,7-9H2,1-2H3,(H,17,18);1H/t10-,13-;/m1./s1. The number of amides is 1. The summed E-state index contributed by atoms with van der Waals surface area (Å²) < 4.78 is 9.92. The van der Waals surface area contributed by atoms with Crippen LogP contribution in [0.1, 0.15) is 28.9 Å². The number of morpholine rings is 1. The van der Waals surface area contributed by atoms with Gasteiger partial charge in [0.25, 0.3) is 0 Å². The minimum absolute atomic E-state index is 0. The molecule has 2 atom stereocenters. The third-order valence-electron chi connectivity index (χ3n) is 3.43. The van der Waals surface area contributed by atoms with Gasteiger partial charge in [-0.3, -0.25) is 4.79 Å². The summed E-state index contributed by atoms with van der Waals surface area (Å²) in [6.45, 7) is 3.60. The van der Waals surface area contributed by atoms with Crippen molar-refractivity contribution in [1.82, 2.24) is 10.6 Å². The van der Waals surface area contributed by atoms with E-state index in [-0.39, 0.29) is 36.4 Å². The molecule has 0 saturated carbocycles. The molecular weight excluding hydrogens is 308 g/mol. The number of carbonyl (C=O) groups excluding carboxylic acids is 2. The highest BCUT2D eigenvalue weighted by Crippen LogP contribution is 2.14. The number of halogens is 1. The molecule has 1 aliphatic heterocycles. The van der Waals surface area contributed by atoms with Gasteiger partial charge in [-0.2, -0.15) is 0 Å². The van der Waals surface area contributed by atoms with Crippen LogP contribution in [0.15, 0.2) is 24.3 Å². The van der Waals surface area contributed by atoms with E-state index in [4.69, 9.17) is 4.74 Å². The van der Waals surface area contributed by atoms with Crippen LogP contribution in [0, 0.1) is 0 Å². The minimum Gasteiger partial charge on any atom is -0.465 e. The summed E-state index contributed by atoms with van der Waals surface area (Å²) in [5.74, 6) is -0.457. The molecule has 0 aromatic heterocycles. The third kappa shape index (κ3) is 4.69. The first kappa shape index (κ1) is 18.4. The van der Waals surface area contributed by atoms with E-state index in [0.29, 0.717) is 25.3 Å². The topological polar surface area (TPSA) is 76.7 Å². The molecule has 1 amide bonds. The lowest BCUT2D eigenvalue weighted by Crippen LogP contribution is -2.51. The molecular formula is C15H21ClN2O4. The lowest BCUT2D eigenvalue weighted by Gasteiger charge is -2.25. The van der Waals surface area contributed by atoms with Crippen molar-refractivity contribution in [1.29, 1.82) is 0 Å². The quantitative estimate of drug-likeness (QED) is 0.808. The van der Waals surface area contributed by atoms with E-state index in [1.54, 1.807) is 12.1 Å². The van der Waals surface area contributed by atoms with E-state index in [1.165, 1.54) is 7.11 Å². The number of hydrogen-bond donors (Lipinski definition) is 2. The van der Waals surface area contributed by atoms with Gasteiger partial charge in [0, 0.05) is 6.54 Å². The summed E-state index contributed by atoms with van der Waals surface area (Å²) in [5, 5.41) is 6.04. The fourth-order valence-electron chi connectivity index (χ4n) is 2.16. The Hall–Kier alpha value is -1.63. The van der Waals surface area contributed by atoms with Crippen molar-refractivity contribution in [3.8, 4) is 0 Å². The normalized spacial score (nSPS) is 18.7. The third-order valence-corrected chi connectivity index (χ3v) is 3.43. The molecule has 1 aromatic rings. The number of carbonyl (C=O) groups is 2. The first-order chi connectivity index (χ1) is 10.1. The predicted octanol–water partition coefficient (Wildman–Crippen LogP) is 1.06. The molecule has 2 N–H and O–H groups in total. The first-order valence-electron chi connectivity index (χ1n) is 6.91. The van der Waals surface area contributed by atoms with E-state index in [1.807, 2.05) is 19.1 Å². The smallest absolute Gasteiger partial charge is 0.337 e. The van der Waals surface area contributed by atoms with Gasteiger partial charge in [0.15, 0.2) is 0 Å². The van der Waals surface area contributed by atoms with Crippen molar-refractivity contribution in [3.05, 3.63) is 35.4 Å². The van der Waals surface area contributed by atoms with Crippen LogP contribution in [0.4, 0.5) is 0 Å². The van der Waals surface area contributed by atoms with E-state index < -0.39 is 0 Å². The Balaban J connectivity index is 0.00000242. The molecule has 2 rings (SSSR count). The van der Waals surface area contributed by atoms with E-state index in [0.717, 1.165) is 5.56 Å². The highest BCUT2D eigenvalue weighted by Gasteiger charge is 2.22. The van der Waals surface area contributed by atoms with Crippen LogP contribution in [0.2, 0.25) is 0 Å². The number of methoxy groups -OCH3 is 1. The first-order valence-corrected chi connectivity index (χ1v) is 6.91. The molecule has 0 aliphatic carbocycles. The zero-order valence-electron chi connectivity index (χ0n) is 12.6. The molecule has 1 saturated heterocycles. The number of hydrogen-bond acceptors (Lipinski definition) is 5. The number of ether oxygens (including phenoxy) is 2. The van der Waals surface area contributed by atoms with Crippen LogP contribution in [0.25, 0.3) is 0 Å². The zero-order chi connectivity index (χ0) is 15.2. The van der Waals surface area contributed by atoms with Gasteiger partial charge in [-0.25, -0.2) is 4.79 Å². The largest absolute Gasteiger partial charge is 0.465 e. The van der Waals surface area contributed by atoms with Crippen molar-refractivity contribution in [2.45, 2.75) is 19.0 Å². The van der Waals surface area contributed by atoms with Gasteiger partial charge >= 0.3 is 5.97 Å². The molecule has 0 bridgehead atoms.